The molecule has 0 aliphatic heterocycles. The summed E-state index contributed by atoms with van der Waals surface area (Å²) in [5, 5.41) is 2.41. The molecular formula is C32H30BN2O3. The number of H-pyrrole nitrogens is 1. The third-order valence-corrected chi connectivity index (χ3v) is 6.46. The lowest BCUT2D eigenvalue weighted by Crippen LogP contribution is -2.31. The van der Waals surface area contributed by atoms with Gasteiger partial charge in [-0.3, -0.25) is 9.63 Å². The molecule has 1 amide bonds. The Hall–Kier alpha value is -4.29. The van der Waals surface area contributed by atoms with Gasteiger partial charge in [-0.15, -0.1) is 0 Å². The third kappa shape index (κ3) is 6.34. The van der Waals surface area contributed by atoms with E-state index >= 15 is 0 Å². The number of carbonyl (C=O) groups is 1. The van der Waals surface area contributed by atoms with Crippen molar-refractivity contribution in [1.82, 2.24) is 10.0 Å². The van der Waals surface area contributed by atoms with Gasteiger partial charge in [0.25, 0.3) is 5.91 Å². The molecule has 1 aromatic heterocycles. The Bertz CT molecular complexity index is 1460. The van der Waals surface area contributed by atoms with E-state index in [4.69, 9.17) is 9.57 Å². The number of hydroxylamine groups is 2. The molecule has 0 unspecified atom stereocenters. The molecule has 0 saturated carbocycles. The summed E-state index contributed by atoms with van der Waals surface area (Å²) in [6.45, 7) is 5.17. The fourth-order valence-electron chi connectivity index (χ4n) is 4.17. The van der Waals surface area contributed by atoms with Crippen molar-refractivity contribution in [3.8, 4) is 5.75 Å². The highest BCUT2D eigenvalue weighted by atomic mass is 16.7. The second-order valence-corrected chi connectivity index (χ2v) is 9.33. The van der Waals surface area contributed by atoms with E-state index in [0.29, 0.717) is 18.8 Å². The van der Waals surface area contributed by atoms with Crippen LogP contribution in [0.3, 0.4) is 0 Å². The molecule has 4 aromatic carbocycles. The molecule has 1 radical (unpaired) electrons. The summed E-state index contributed by atoms with van der Waals surface area (Å²) in [4.78, 5) is 22.8. The van der Waals surface area contributed by atoms with E-state index in [1.807, 2.05) is 93.0 Å². The highest BCUT2D eigenvalue weighted by Gasteiger charge is 2.20. The highest BCUT2D eigenvalue weighted by molar-refractivity contribution is 6.51. The molecule has 0 spiro atoms. The Morgan fingerprint density at radius 3 is 2.18 bits per heavy atom. The number of nitrogens with zero attached hydrogens (tertiary/aromatic N) is 1. The first-order chi connectivity index (χ1) is 18.6. The van der Waals surface area contributed by atoms with E-state index in [1.54, 1.807) is 0 Å². The van der Waals surface area contributed by atoms with Crippen LogP contribution >= 0.6 is 0 Å². The average Bonchev–Trinajstić information content (AvgIpc) is 3.40. The lowest BCUT2D eigenvalue weighted by atomic mass is 9.73. The molecule has 1 N–H and O–H groups in total. The first kappa shape index (κ1) is 25.4. The van der Waals surface area contributed by atoms with Gasteiger partial charge in [0.15, 0.2) is 0 Å². The van der Waals surface area contributed by atoms with Crippen LogP contribution in [0.1, 0.15) is 32.7 Å². The quantitative estimate of drug-likeness (QED) is 0.183. The van der Waals surface area contributed by atoms with Crippen molar-refractivity contribution in [3.05, 3.63) is 131 Å². The predicted octanol–water partition coefficient (Wildman–Crippen LogP) is 6.21. The van der Waals surface area contributed by atoms with E-state index in [0.717, 1.165) is 38.8 Å². The van der Waals surface area contributed by atoms with Gasteiger partial charge in [0, 0.05) is 10.9 Å². The topological polar surface area (TPSA) is 54.6 Å². The Morgan fingerprint density at radius 2 is 1.47 bits per heavy atom. The van der Waals surface area contributed by atoms with Gasteiger partial charge in [-0.25, -0.2) is 5.06 Å². The van der Waals surface area contributed by atoms with Crippen molar-refractivity contribution >= 4 is 29.6 Å². The van der Waals surface area contributed by atoms with Gasteiger partial charge < -0.3 is 9.72 Å². The van der Waals surface area contributed by atoms with E-state index < -0.39 is 0 Å². The molecule has 0 bridgehead atoms. The number of carbonyl (C=O) groups excluding carboxylic acids is 1. The summed E-state index contributed by atoms with van der Waals surface area (Å²) >= 11 is 0. The molecule has 5 nitrogen and oxygen atoms in total. The second-order valence-electron chi connectivity index (χ2n) is 9.33. The first-order valence-electron chi connectivity index (χ1n) is 12.8. The van der Waals surface area contributed by atoms with Crippen molar-refractivity contribution in [2.75, 3.05) is 0 Å². The molecule has 1 heterocycles. The van der Waals surface area contributed by atoms with Crippen LogP contribution in [0.4, 0.5) is 0 Å². The number of hydrogen-bond donors (Lipinski definition) is 1. The molecule has 5 aromatic rings. The molecular weight excluding hydrogens is 471 g/mol. The van der Waals surface area contributed by atoms with E-state index in [2.05, 4.69) is 36.2 Å². The van der Waals surface area contributed by atoms with Gasteiger partial charge in [-0.05, 0) is 47.9 Å². The maximum absolute atomic E-state index is 13.5. The Labute approximate surface area is 224 Å². The number of ether oxygens (including phenoxy) is 1. The summed E-state index contributed by atoms with van der Waals surface area (Å²) in [5.74, 6) is 0.568. The van der Waals surface area contributed by atoms with Gasteiger partial charge in [-0.2, -0.15) is 0 Å². The number of benzene rings is 4. The number of aromatic nitrogens is 1. The minimum absolute atomic E-state index is 0.217. The standard InChI is InChI=1S/C32H30BN2O3/c1-23-7-9-25(10-8-23)21-37-29-17-13-26(14-18-29)22-38-35(20-24-11-15-28(33-2)16-12-24)32(36)31-19-27-5-3-4-6-30(27)34-31/h3-19,34H,20-22H2,1-2H3. The van der Waals surface area contributed by atoms with Gasteiger partial charge in [-0.1, -0.05) is 96.7 Å². The Balaban J connectivity index is 1.27. The summed E-state index contributed by atoms with van der Waals surface area (Å²) in [6.07, 6.45) is 0. The zero-order valence-electron chi connectivity index (χ0n) is 21.7. The normalized spacial score (nSPS) is 10.9. The van der Waals surface area contributed by atoms with Crippen molar-refractivity contribution in [2.45, 2.75) is 33.5 Å². The van der Waals surface area contributed by atoms with Gasteiger partial charge >= 0.3 is 0 Å². The average molecular weight is 501 g/mol. The van der Waals surface area contributed by atoms with Crippen LogP contribution in [0, 0.1) is 6.92 Å². The monoisotopic (exact) mass is 501 g/mol. The number of aryl methyl sites for hydroxylation is 1. The predicted molar refractivity (Wildman–Crippen MR) is 153 cm³/mol. The number of para-hydroxylation sites is 1. The van der Waals surface area contributed by atoms with Crippen LogP contribution in [0.5, 0.6) is 5.75 Å². The summed E-state index contributed by atoms with van der Waals surface area (Å²) in [6, 6.07) is 33.9. The van der Waals surface area contributed by atoms with Crippen molar-refractivity contribution in [1.29, 1.82) is 0 Å². The van der Waals surface area contributed by atoms with Gasteiger partial charge in [0.2, 0.25) is 0 Å². The Kier molecular flexibility index (Phi) is 7.91. The fourth-order valence-corrected chi connectivity index (χ4v) is 4.17. The lowest BCUT2D eigenvalue weighted by molar-refractivity contribution is -0.140. The molecule has 38 heavy (non-hydrogen) atoms. The van der Waals surface area contributed by atoms with Gasteiger partial charge in [0.1, 0.15) is 31.9 Å². The minimum Gasteiger partial charge on any atom is -0.489 e. The van der Waals surface area contributed by atoms with Crippen LogP contribution < -0.4 is 10.2 Å². The molecule has 0 saturated heterocycles. The summed E-state index contributed by atoms with van der Waals surface area (Å²) in [7, 11) is 2.04. The molecule has 0 aliphatic rings. The van der Waals surface area contributed by atoms with Crippen LogP contribution in [-0.2, 0) is 24.6 Å². The first-order valence-corrected chi connectivity index (χ1v) is 12.8. The zero-order chi connectivity index (χ0) is 26.3. The molecule has 0 fully saturated rings. The Morgan fingerprint density at radius 1 is 0.816 bits per heavy atom. The molecule has 0 aliphatic carbocycles. The smallest absolute Gasteiger partial charge is 0.294 e. The van der Waals surface area contributed by atoms with Crippen LogP contribution in [0.15, 0.2) is 103 Å². The van der Waals surface area contributed by atoms with E-state index in [-0.39, 0.29) is 12.5 Å². The number of fused-ring (bicyclic) bond motifs is 1. The minimum atomic E-state index is -0.217. The summed E-state index contributed by atoms with van der Waals surface area (Å²) in [5.41, 5.74) is 6.82. The number of amides is 1. The SMILES string of the molecule is C[B]c1ccc(CN(OCc2ccc(OCc3ccc(C)cc3)cc2)C(=O)c2cc3ccccc3[nH]2)cc1. The van der Waals surface area contributed by atoms with Crippen molar-refractivity contribution in [2.24, 2.45) is 0 Å². The van der Waals surface area contributed by atoms with Crippen LogP contribution in [-0.4, -0.2) is 23.2 Å². The fraction of sp³-hybridized carbons (Fsp3) is 0.156. The second kappa shape index (κ2) is 11.8. The van der Waals surface area contributed by atoms with Crippen LogP contribution in [0.25, 0.3) is 10.9 Å². The number of aromatic amines is 1. The molecule has 189 valence electrons. The van der Waals surface area contributed by atoms with Gasteiger partial charge in [0.05, 0.1) is 6.54 Å². The third-order valence-electron chi connectivity index (χ3n) is 6.46. The van der Waals surface area contributed by atoms with Crippen molar-refractivity contribution < 1.29 is 14.4 Å². The molecule has 0 atom stereocenters. The lowest BCUT2D eigenvalue weighted by Gasteiger charge is -2.22. The van der Waals surface area contributed by atoms with Crippen molar-refractivity contribution in [3.63, 3.8) is 0 Å². The molecule has 6 heteroatoms. The number of nitrogens with one attached hydrogen (secondary N) is 1. The van der Waals surface area contributed by atoms with E-state index in [9.17, 15) is 4.79 Å². The highest BCUT2D eigenvalue weighted by Crippen LogP contribution is 2.19. The largest absolute Gasteiger partial charge is 0.489 e. The number of hydrogen-bond acceptors (Lipinski definition) is 3. The number of rotatable bonds is 10. The van der Waals surface area contributed by atoms with E-state index in [1.165, 1.54) is 10.6 Å². The maximum atomic E-state index is 13.5. The summed E-state index contributed by atoms with van der Waals surface area (Å²) < 4.78 is 5.92. The molecule has 5 rings (SSSR count). The maximum Gasteiger partial charge on any atom is 0.294 e. The van der Waals surface area contributed by atoms with Crippen LogP contribution in [0.2, 0.25) is 6.82 Å². The zero-order valence-corrected chi connectivity index (χ0v) is 21.7.